The molecule has 0 aliphatic heterocycles. The number of carbonyl (C=O) groups excluding carboxylic acids is 1. The molecule has 0 fully saturated rings. The Hall–Kier alpha value is -1.66. The molecule has 0 unspecified atom stereocenters. The van der Waals surface area contributed by atoms with E-state index in [4.69, 9.17) is 4.74 Å². The fourth-order valence-corrected chi connectivity index (χ4v) is 3.86. The van der Waals surface area contributed by atoms with Crippen LogP contribution in [0.5, 0.6) is 0 Å². The summed E-state index contributed by atoms with van der Waals surface area (Å²) in [6.07, 6.45) is 5.74. The number of aromatic amines is 1. The average Bonchev–Trinajstić information content (AvgIpc) is 3.23. The molecule has 124 valence electrons. The monoisotopic (exact) mass is 333 g/mol. The zero-order valence-corrected chi connectivity index (χ0v) is 14.2. The van der Waals surface area contributed by atoms with Gasteiger partial charge in [0.1, 0.15) is 6.10 Å². The van der Waals surface area contributed by atoms with Gasteiger partial charge in [-0.25, -0.2) is 0 Å². The van der Waals surface area contributed by atoms with Crippen molar-refractivity contribution in [2.24, 2.45) is 0 Å². The normalized spacial score (nSPS) is 15.2. The molecular formula is C17H23N3O2S. The molecule has 0 bridgehead atoms. The number of amides is 1. The maximum atomic E-state index is 12.1. The third-order valence-electron chi connectivity index (χ3n) is 4.36. The Morgan fingerprint density at radius 2 is 2.35 bits per heavy atom. The molecule has 5 nitrogen and oxygen atoms in total. The smallest absolute Gasteiger partial charge is 0.220 e. The number of nitrogens with zero attached hydrogens (tertiary/aromatic N) is 1. The second-order valence-corrected chi connectivity index (χ2v) is 6.86. The zero-order chi connectivity index (χ0) is 16.1. The van der Waals surface area contributed by atoms with Crippen molar-refractivity contribution >= 4 is 17.2 Å². The Kier molecular flexibility index (Phi) is 5.46. The highest BCUT2D eigenvalue weighted by Gasteiger charge is 2.18. The summed E-state index contributed by atoms with van der Waals surface area (Å²) in [7, 11) is 1.67. The van der Waals surface area contributed by atoms with Crippen molar-refractivity contribution in [3.8, 4) is 0 Å². The number of nitrogens with one attached hydrogen (secondary N) is 2. The Labute approximate surface area is 140 Å². The van der Waals surface area contributed by atoms with Gasteiger partial charge in [-0.3, -0.25) is 9.89 Å². The highest BCUT2D eigenvalue weighted by atomic mass is 32.1. The van der Waals surface area contributed by atoms with Gasteiger partial charge >= 0.3 is 0 Å². The van der Waals surface area contributed by atoms with Crippen LogP contribution in [0.15, 0.2) is 17.5 Å². The van der Waals surface area contributed by atoms with Gasteiger partial charge in [-0.15, -0.1) is 11.3 Å². The Balaban J connectivity index is 1.47. The summed E-state index contributed by atoms with van der Waals surface area (Å²) in [6, 6.07) is 4.02. The van der Waals surface area contributed by atoms with E-state index >= 15 is 0 Å². The lowest BCUT2D eigenvalue weighted by Crippen LogP contribution is -2.29. The number of methoxy groups -OCH3 is 1. The lowest BCUT2D eigenvalue weighted by Gasteiger charge is -2.14. The van der Waals surface area contributed by atoms with Gasteiger partial charge in [0.2, 0.25) is 5.91 Å². The van der Waals surface area contributed by atoms with E-state index in [0.717, 1.165) is 23.4 Å². The number of thiophene rings is 1. The molecule has 0 aromatic carbocycles. The molecule has 2 N–H and O–H groups in total. The Morgan fingerprint density at radius 3 is 3.13 bits per heavy atom. The number of aryl methyl sites for hydroxylation is 2. The summed E-state index contributed by atoms with van der Waals surface area (Å²) in [4.78, 5) is 13.2. The topological polar surface area (TPSA) is 67.0 Å². The van der Waals surface area contributed by atoms with E-state index in [1.165, 1.54) is 24.1 Å². The first-order valence-corrected chi connectivity index (χ1v) is 9.03. The van der Waals surface area contributed by atoms with Crippen LogP contribution in [-0.4, -0.2) is 29.8 Å². The number of ether oxygens (including phenoxy) is 1. The SMILES string of the molecule is CO[C@H](CNC(=O)CCc1n[nH]c2c1CCCC2)c1cccs1. The van der Waals surface area contributed by atoms with E-state index in [1.807, 2.05) is 17.5 Å². The van der Waals surface area contributed by atoms with Crippen LogP contribution in [0.3, 0.4) is 0 Å². The molecule has 23 heavy (non-hydrogen) atoms. The van der Waals surface area contributed by atoms with E-state index in [1.54, 1.807) is 18.4 Å². The van der Waals surface area contributed by atoms with Crippen molar-refractivity contribution < 1.29 is 9.53 Å². The second kappa shape index (κ2) is 7.75. The maximum absolute atomic E-state index is 12.1. The van der Waals surface area contributed by atoms with Gasteiger partial charge in [-0.1, -0.05) is 6.07 Å². The average molecular weight is 333 g/mol. The number of aromatic nitrogens is 2. The number of carbonyl (C=O) groups is 1. The van der Waals surface area contributed by atoms with E-state index < -0.39 is 0 Å². The fourth-order valence-electron chi connectivity index (χ4n) is 3.06. The van der Waals surface area contributed by atoms with Crippen LogP contribution in [0.1, 0.15) is 47.2 Å². The molecule has 3 rings (SSSR count). The van der Waals surface area contributed by atoms with Gasteiger partial charge < -0.3 is 10.1 Å². The molecular weight excluding hydrogens is 310 g/mol. The predicted octanol–water partition coefficient (Wildman–Crippen LogP) is 2.79. The summed E-state index contributed by atoms with van der Waals surface area (Å²) in [6.45, 7) is 0.508. The third kappa shape index (κ3) is 4.00. The van der Waals surface area contributed by atoms with Gasteiger partial charge in [0.25, 0.3) is 0 Å². The summed E-state index contributed by atoms with van der Waals surface area (Å²) in [5.74, 6) is 0.0520. The van der Waals surface area contributed by atoms with E-state index in [9.17, 15) is 4.79 Å². The van der Waals surface area contributed by atoms with Crippen molar-refractivity contribution in [1.29, 1.82) is 0 Å². The van der Waals surface area contributed by atoms with Crippen LogP contribution in [0, 0.1) is 0 Å². The van der Waals surface area contributed by atoms with Crippen LogP contribution in [0.4, 0.5) is 0 Å². The van der Waals surface area contributed by atoms with Gasteiger partial charge in [0, 0.05) is 37.1 Å². The van der Waals surface area contributed by atoms with Gasteiger partial charge in [0.15, 0.2) is 0 Å². The van der Waals surface area contributed by atoms with Crippen molar-refractivity contribution in [2.45, 2.75) is 44.6 Å². The fraction of sp³-hybridized carbons (Fsp3) is 0.529. The van der Waals surface area contributed by atoms with E-state index in [0.29, 0.717) is 19.4 Å². The molecule has 0 saturated heterocycles. The molecule has 1 atom stereocenters. The molecule has 1 amide bonds. The van der Waals surface area contributed by atoms with Crippen molar-refractivity contribution in [3.63, 3.8) is 0 Å². The van der Waals surface area contributed by atoms with Crippen LogP contribution in [0.2, 0.25) is 0 Å². The minimum atomic E-state index is -0.0721. The Bertz CT molecular complexity index is 636. The zero-order valence-electron chi connectivity index (χ0n) is 13.4. The summed E-state index contributed by atoms with van der Waals surface area (Å²) in [5.41, 5.74) is 3.68. The van der Waals surface area contributed by atoms with Crippen LogP contribution in [-0.2, 0) is 28.8 Å². The summed E-state index contributed by atoms with van der Waals surface area (Å²) >= 11 is 1.64. The quantitative estimate of drug-likeness (QED) is 0.819. The number of hydrogen-bond donors (Lipinski definition) is 2. The number of H-pyrrole nitrogens is 1. The highest BCUT2D eigenvalue weighted by Crippen LogP contribution is 2.23. The molecule has 2 aromatic heterocycles. The molecule has 0 spiro atoms. The van der Waals surface area contributed by atoms with Crippen molar-refractivity contribution in [3.05, 3.63) is 39.3 Å². The molecule has 6 heteroatoms. The van der Waals surface area contributed by atoms with Gasteiger partial charge in [-0.05, 0) is 42.7 Å². The summed E-state index contributed by atoms with van der Waals surface area (Å²) in [5, 5.41) is 12.5. The molecule has 2 heterocycles. The Morgan fingerprint density at radius 1 is 1.48 bits per heavy atom. The number of rotatable bonds is 7. The molecule has 1 aliphatic rings. The lowest BCUT2D eigenvalue weighted by molar-refractivity contribution is -0.121. The first kappa shape index (κ1) is 16.2. The molecule has 1 aliphatic carbocycles. The molecule has 0 saturated carbocycles. The largest absolute Gasteiger partial charge is 0.374 e. The van der Waals surface area contributed by atoms with Crippen molar-refractivity contribution in [1.82, 2.24) is 15.5 Å². The first-order valence-electron chi connectivity index (χ1n) is 8.16. The van der Waals surface area contributed by atoms with Gasteiger partial charge in [0.05, 0.1) is 5.69 Å². The van der Waals surface area contributed by atoms with Gasteiger partial charge in [-0.2, -0.15) is 5.10 Å². The maximum Gasteiger partial charge on any atom is 0.220 e. The summed E-state index contributed by atoms with van der Waals surface area (Å²) < 4.78 is 5.45. The van der Waals surface area contributed by atoms with Crippen LogP contribution < -0.4 is 5.32 Å². The standard InChI is InChI=1S/C17H23N3O2S/c1-22-15(16-7-4-10-23-16)11-18-17(21)9-8-14-12-5-2-3-6-13(12)19-20-14/h4,7,10,15H,2-3,5-6,8-9,11H2,1H3,(H,18,21)(H,19,20)/t15-/m1/s1. The minimum Gasteiger partial charge on any atom is -0.374 e. The van der Waals surface area contributed by atoms with Crippen LogP contribution >= 0.6 is 11.3 Å². The first-order chi connectivity index (χ1) is 11.3. The minimum absolute atomic E-state index is 0.0520. The lowest BCUT2D eigenvalue weighted by atomic mass is 9.94. The second-order valence-electron chi connectivity index (χ2n) is 5.88. The third-order valence-corrected chi connectivity index (χ3v) is 5.32. The van der Waals surface area contributed by atoms with E-state index in [-0.39, 0.29) is 12.0 Å². The highest BCUT2D eigenvalue weighted by molar-refractivity contribution is 7.10. The molecule has 2 aromatic rings. The number of hydrogen-bond acceptors (Lipinski definition) is 4. The van der Waals surface area contributed by atoms with Crippen LogP contribution in [0.25, 0.3) is 0 Å². The molecule has 0 radical (unpaired) electrons. The van der Waals surface area contributed by atoms with E-state index in [2.05, 4.69) is 15.5 Å². The van der Waals surface area contributed by atoms with Crippen molar-refractivity contribution in [2.75, 3.05) is 13.7 Å². The predicted molar refractivity (Wildman–Crippen MR) is 90.6 cm³/mol. The number of fused-ring (bicyclic) bond motifs is 1.